The summed E-state index contributed by atoms with van der Waals surface area (Å²) in [7, 11) is 0. The number of aromatic amines is 1. The van der Waals surface area contributed by atoms with E-state index in [4.69, 9.17) is 0 Å². The van der Waals surface area contributed by atoms with Gasteiger partial charge in [0, 0.05) is 12.5 Å². The second-order valence-electron chi connectivity index (χ2n) is 7.07. The Morgan fingerprint density at radius 1 is 1.08 bits per heavy atom. The molecule has 2 aromatic rings. The number of nitrogens with zero attached hydrogens (tertiary/aromatic N) is 5. The average molecular weight is 342 g/mol. The predicted octanol–water partition coefficient (Wildman–Crippen LogP) is 3.01. The Morgan fingerprint density at radius 2 is 1.80 bits per heavy atom. The van der Waals surface area contributed by atoms with E-state index in [0.29, 0.717) is 17.9 Å². The van der Waals surface area contributed by atoms with Gasteiger partial charge >= 0.3 is 0 Å². The lowest BCUT2D eigenvalue weighted by molar-refractivity contribution is 0.0592. The molecule has 25 heavy (non-hydrogen) atoms. The molecule has 7 heteroatoms. The van der Waals surface area contributed by atoms with Gasteiger partial charge in [0.05, 0.1) is 23.1 Å². The van der Waals surface area contributed by atoms with E-state index in [1.807, 2.05) is 25.7 Å². The van der Waals surface area contributed by atoms with E-state index >= 15 is 0 Å². The van der Waals surface area contributed by atoms with Gasteiger partial charge in [-0.25, -0.2) is 9.97 Å². The van der Waals surface area contributed by atoms with E-state index in [-0.39, 0.29) is 17.9 Å². The van der Waals surface area contributed by atoms with Crippen LogP contribution in [0.2, 0.25) is 0 Å². The van der Waals surface area contributed by atoms with Crippen LogP contribution in [0.3, 0.4) is 0 Å². The summed E-state index contributed by atoms with van der Waals surface area (Å²) < 4.78 is 0. The lowest BCUT2D eigenvalue weighted by atomic mass is 10.0. The van der Waals surface area contributed by atoms with Gasteiger partial charge in [0.15, 0.2) is 5.82 Å². The van der Waals surface area contributed by atoms with Gasteiger partial charge < -0.3 is 4.90 Å². The SMILES string of the molecule is Cc1nc(C)c(C(=O)N2CCCC[C@@H]2c2nc(C(C)C)n[nH]2)nc1C. The Kier molecular flexibility index (Phi) is 4.83. The Morgan fingerprint density at radius 3 is 2.48 bits per heavy atom. The Labute approximate surface area is 148 Å². The fourth-order valence-electron chi connectivity index (χ4n) is 3.21. The third kappa shape index (κ3) is 3.41. The van der Waals surface area contributed by atoms with Crippen molar-refractivity contribution in [1.29, 1.82) is 0 Å². The van der Waals surface area contributed by atoms with Gasteiger partial charge in [0.2, 0.25) is 0 Å². The first-order valence-electron chi connectivity index (χ1n) is 8.93. The van der Waals surface area contributed by atoms with Crippen LogP contribution < -0.4 is 0 Å². The molecule has 1 fully saturated rings. The average Bonchev–Trinajstić information content (AvgIpc) is 3.08. The highest BCUT2D eigenvalue weighted by atomic mass is 16.2. The normalized spacial score (nSPS) is 18.0. The van der Waals surface area contributed by atoms with Crippen LogP contribution in [0.5, 0.6) is 0 Å². The zero-order chi connectivity index (χ0) is 18.1. The van der Waals surface area contributed by atoms with Gasteiger partial charge in [-0.05, 0) is 40.0 Å². The fraction of sp³-hybridized carbons (Fsp3) is 0.611. The molecule has 7 nitrogen and oxygen atoms in total. The lowest BCUT2D eigenvalue weighted by Crippen LogP contribution is -2.40. The summed E-state index contributed by atoms with van der Waals surface area (Å²) in [5, 5.41) is 7.34. The molecule has 2 aromatic heterocycles. The van der Waals surface area contributed by atoms with Gasteiger partial charge in [0.1, 0.15) is 11.5 Å². The van der Waals surface area contributed by atoms with Crippen molar-refractivity contribution in [1.82, 2.24) is 30.0 Å². The molecule has 0 spiro atoms. The van der Waals surface area contributed by atoms with E-state index < -0.39 is 0 Å². The smallest absolute Gasteiger partial charge is 0.274 e. The van der Waals surface area contributed by atoms with Crippen LogP contribution in [-0.4, -0.2) is 42.5 Å². The second kappa shape index (κ2) is 6.90. The van der Waals surface area contributed by atoms with E-state index in [2.05, 4.69) is 39.0 Å². The number of piperidine rings is 1. The number of nitrogens with one attached hydrogen (secondary N) is 1. The Hall–Kier alpha value is -2.31. The molecule has 0 radical (unpaired) electrons. The summed E-state index contributed by atoms with van der Waals surface area (Å²) >= 11 is 0. The van der Waals surface area contributed by atoms with E-state index in [1.165, 1.54) is 0 Å². The maximum absolute atomic E-state index is 13.2. The topological polar surface area (TPSA) is 87.7 Å². The van der Waals surface area contributed by atoms with Crippen molar-refractivity contribution in [3.8, 4) is 0 Å². The largest absolute Gasteiger partial charge is 0.327 e. The number of carbonyl (C=O) groups is 1. The quantitative estimate of drug-likeness (QED) is 0.926. The molecule has 1 aliphatic rings. The van der Waals surface area contributed by atoms with Crippen LogP contribution in [0.15, 0.2) is 0 Å². The number of amides is 1. The highest BCUT2D eigenvalue weighted by Gasteiger charge is 2.33. The van der Waals surface area contributed by atoms with Gasteiger partial charge in [-0.1, -0.05) is 13.8 Å². The maximum Gasteiger partial charge on any atom is 0.274 e. The Balaban J connectivity index is 1.92. The van der Waals surface area contributed by atoms with Crippen LogP contribution in [-0.2, 0) is 0 Å². The summed E-state index contributed by atoms with van der Waals surface area (Å²) in [5.74, 6) is 1.74. The monoisotopic (exact) mass is 342 g/mol. The molecule has 3 rings (SSSR count). The highest BCUT2D eigenvalue weighted by molar-refractivity contribution is 5.93. The summed E-state index contributed by atoms with van der Waals surface area (Å²) in [6.45, 7) is 10.5. The molecule has 0 unspecified atom stereocenters. The highest BCUT2D eigenvalue weighted by Crippen LogP contribution is 2.31. The number of hydrogen-bond donors (Lipinski definition) is 1. The fourth-order valence-corrected chi connectivity index (χ4v) is 3.21. The van der Waals surface area contributed by atoms with Gasteiger partial charge in [-0.2, -0.15) is 5.10 Å². The van der Waals surface area contributed by atoms with E-state index in [0.717, 1.165) is 42.3 Å². The van der Waals surface area contributed by atoms with Crippen LogP contribution >= 0.6 is 0 Å². The molecule has 0 aliphatic carbocycles. The Bertz CT molecular complexity index is 782. The molecule has 0 saturated carbocycles. The summed E-state index contributed by atoms with van der Waals surface area (Å²) in [4.78, 5) is 28.6. The minimum atomic E-state index is -0.0796. The van der Waals surface area contributed by atoms with Crippen LogP contribution in [0.1, 0.15) is 84.3 Å². The lowest BCUT2D eigenvalue weighted by Gasteiger charge is -2.34. The molecule has 1 amide bonds. The van der Waals surface area contributed by atoms with Gasteiger partial charge in [-0.15, -0.1) is 0 Å². The molecule has 0 bridgehead atoms. The zero-order valence-corrected chi connectivity index (χ0v) is 15.6. The molecule has 134 valence electrons. The summed E-state index contributed by atoms with van der Waals surface area (Å²) in [6, 6.07) is -0.0796. The number of likely N-dealkylation sites (tertiary alicyclic amines) is 1. The minimum Gasteiger partial charge on any atom is -0.327 e. The molecular formula is C18H26N6O. The van der Waals surface area contributed by atoms with Crippen LogP contribution in [0.25, 0.3) is 0 Å². The van der Waals surface area contributed by atoms with Crippen molar-refractivity contribution in [2.45, 2.75) is 65.8 Å². The van der Waals surface area contributed by atoms with Crippen molar-refractivity contribution in [3.63, 3.8) is 0 Å². The van der Waals surface area contributed by atoms with E-state index in [9.17, 15) is 4.79 Å². The van der Waals surface area contributed by atoms with Crippen LogP contribution in [0, 0.1) is 20.8 Å². The number of carbonyl (C=O) groups excluding carboxylic acids is 1. The second-order valence-corrected chi connectivity index (χ2v) is 7.07. The minimum absolute atomic E-state index is 0.0692. The molecule has 1 saturated heterocycles. The standard InChI is InChI=1S/C18H26N6O/c1-10(2)16-21-17(23-22-16)14-8-6-7-9-24(14)18(25)15-13(5)19-11(3)12(4)20-15/h10,14H,6-9H2,1-5H3,(H,21,22,23)/t14-/m1/s1. The number of hydrogen-bond acceptors (Lipinski definition) is 5. The molecule has 3 heterocycles. The first-order chi connectivity index (χ1) is 11.9. The number of aromatic nitrogens is 5. The molecule has 0 aromatic carbocycles. The van der Waals surface area contributed by atoms with Crippen molar-refractivity contribution in [2.75, 3.05) is 6.54 Å². The van der Waals surface area contributed by atoms with Crippen molar-refractivity contribution < 1.29 is 4.79 Å². The van der Waals surface area contributed by atoms with Gasteiger partial charge in [-0.3, -0.25) is 14.9 Å². The molecule has 1 N–H and O–H groups in total. The molecule has 1 aliphatic heterocycles. The number of aryl methyl sites for hydroxylation is 3. The van der Waals surface area contributed by atoms with E-state index in [1.54, 1.807) is 0 Å². The first kappa shape index (κ1) is 17.5. The van der Waals surface area contributed by atoms with Crippen molar-refractivity contribution in [2.24, 2.45) is 0 Å². The third-order valence-electron chi connectivity index (χ3n) is 4.80. The summed E-state index contributed by atoms with van der Waals surface area (Å²) in [5.41, 5.74) is 2.78. The third-order valence-corrected chi connectivity index (χ3v) is 4.80. The number of rotatable bonds is 3. The summed E-state index contributed by atoms with van der Waals surface area (Å²) in [6.07, 6.45) is 2.95. The predicted molar refractivity (Wildman–Crippen MR) is 94.3 cm³/mol. The van der Waals surface area contributed by atoms with Crippen molar-refractivity contribution in [3.05, 3.63) is 34.4 Å². The van der Waals surface area contributed by atoms with Crippen molar-refractivity contribution >= 4 is 5.91 Å². The first-order valence-corrected chi connectivity index (χ1v) is 8.93. The van der Waals surface area contributed by atoms with Crippen LogP contribution in [0.4, 0.5) is 0 Å². The van der Waals surface area contributed by atoms with Gasteiger partial charge in [0.25, 0.3) is 5.91 Å². The molecule has 1 atom stereocenters. The maximum atomic E-state index is 13.2. The number of H-pyrrole nitrogens is 1. The zero-order valence-electron chi connectivity index (χ0n) is 15.6. The molecular weight excluding hydrogens is 316 g/mol.